The van der Waals surface area contributed by atoms with Crippen molar-refractivity contribution in [2.24, 2.45) is 0 Å². The fourth-order valence-corrected chi connectivity index (χ4v) is 4.05. The number of likely N-dealkylation sites (tertiary alicyclic amines) is 1. The first kappa shape index (κ1) is 18.2. The number of nitrogens with zero attached hydrogens (tertiary/aromatic N) is 2. The van der Waals surface area contributed by atoms with Gasteiger partial charge < -0.3 is 19.3 Å². The highest BCUT2D eigenvalue weighted by atomic mass is 16.6. The normalized spacial score (nSPS) is 21.8. The second kappa shape index (κ2) is 7.89. The lowest BCUT2D eigenvalue weighted by atomic mass is 10.0. The Kier molecular flexibility index (Phi) is 4.96. The lowest BCUT2D eigenvalue weighted by Gasteiger charge is -2.36. The summed E-state index contributed by atoms with van der Waals surface area (Å²) in [5.41, 5.74) is 1.99. The number of aliphatic hydroxyl groups is 1. The third-order valence-corrected chi connectivity index (χ3v) is 5.51. The summed E-state index contributed by atoms with van der Waals surface area (Å²) in [4.78, 5) is 6.61. The average Bonchev–Trinajstić information content (AvgIpc) is 2.76. The molecule has 0 saturated carbocycles. The lowest BCUT2D eigenvalue weighted by Crippen LogP contribution is -2.48. The number of piperidine rings is 1. The molecule has 0 unspecified atom stereocenters. The third kappa shape index (κ3) is 3.86. The van der Waals surface area contributed by atoms with Gasteiger partial charge in [0.25, 0.3) is 0 Å². The minimum Gasteiger partial charge on any atom is -0.488 e. The summed E-state index contributed by atoms with van der Waals surface area (Å²) in [6, 6.07) is 15.8. The number of pyridine rings is 1. The molecule has 1 fully saturated rings. The predicted molar refractivity (Wildman–Crippen MR) is 109 cm³/mol. The van der Waals surface area contributed by atoms with E-state index in [1.165, 1.54) is 0 Å². The summed E-state index contributed by atoms with van der Waals surface area (Å²) in [6.07, 6.45) is 1.75. The Labute approximate surface area is 169 Å². The van der Waals surface area contributed by atoms with Gasteiger partial charge in [-0.3, -0.25) is 9.88 Å². The molecule has 2 aromatic carbocycles. The number of aromatic nitrogens is 1. The summed E-state index contributed by atoms with van der Waals surface area (Å²) in [5.74, 6) is 2.38. The van der Waals surface area contributed by atoms with E-state index in [0.717, 1.165) is 53.2 Å². The Morgan fingerprint density at radius 3 is 2.97 bits per heavy atom. The highest BCUT2D eigenvalue weighted by Gasteiger charge is 2.30. The SMILES string of the molecule is O[C@@H]1CN(Cc2cccc3c2OCCO3)CC[C@H]1Oc1ccc2cccnc2c1. The maximum absolute atomic E-state index is 10.7. The van der Waals surface area contributed by atoms with Crippen molar-refractivity contribution in [1.29, 1.82) is 0 Å². The van der Waals surface area contributed by atoms with E-state index in [0.29, 0.717) is 19.8 Å². The minimum atomic E-state index is -0.556. The Hall–Kier alpha value is -2.83. The van der Waals surface area contributed by atoms with Crippen LogP contribution >= 0.6 is 0 Å². The van der Waals surface area contributed by atoms with E-state index < -0.39 is 6.10 Å². The molecule has 1 aromatic heterocycles. The monoisotopic (exact) mass is 392 g/mol. The molecule has 3 aromatic rings. The number of ether oxygens (including phenoxy) is 3. The van der Waals surface area contributed by atoms with E-state index in [4.69, 9.17) is 14.2 Å². The highest BCUT2D eigenvalue weighted by Crippen LogP contribution is 2.34. The fraction of sp³-hybridized carbons (Fsp3) is 0.348. The summed E-state index contributed by atoms with van der Waals surface area (Å²) in [5, 5.41) is 11.8. The minimum absolute atomic E-state index is 0.225. The van der Waals surface area contributed by atoms with Gasteiger partial charge in [-0.15, -0.1) is 0 Å². The average molecular weight is 392 g/mol. The van der Waals surface area contributed by atoms with E-state index in [1.807, 2.05) is 42.5 Å². The molecule has 2 aliphatic rings. The Balaban J connectivity index is 1.24. The number of fused-ring (bicyclic) bond motifs is 2. The van der Waals surface area contributed by atoms with Crippen molar-refractivity contribution in [3.05, 3.63) is 60.3 Å². The van der Waals surface area contributed by atoms with Gasteiger partial charge in [-0.1, -0.05) is 18.2 Å². The van der Waals surface area contributed by atoms with Crippen LogP contribution in [0.3, 0.4) is 0 Å². The first-order valence-corrected chi connectivity index (χ1v) is 10.1. The van der Waals surface area contributed by atoms with Gasteiger partial charge in [0.1, 0.15) is 31.2 Å². The molecular formula is C23H24N2O4. The number of rotatable bonds is 4. The van der Waals surface area contributed by atoms with Crippen molar-refractivity contribution in [3.8, 4) is 17.2 Å². The largest absolute Gasteiger partial charge is 0.488 e. The summed E-state index contributed by atoms with van der Waals surface area (Å²) in [7, 11) is 0. The van der Waals surface area contributed by atoms with E-state index in [9.17, 15) is 5.11 Å². The van der Waals surface area contributed by atoms with Crippen LogP contribution in [0, 0.1) is 0 Å². The molecule has 0 bridgehead atoms. The summed E-state index contributed by atoms with van der Waals surface area (Å²) in [6.45, 7) is 3.28. The first-order chi connectivity index (χ1) is 14.3. The highest BCUT2D eigenvalue weighted by molar-refractivity contribution is 5.79. The number of para-hydroxylation sites is 1. The Morgan fingerprint density at radius 1 is 1.10 bits per heavy atom. The molecule has 5 rings (SSSR count). The third-order valence-electron chi connectivity index (χ3n) is 5.51. The predicted octanol–water partition coefficient (Wildman–Crippen LogP) is 3.02. The summed E-state index contributed by atoms with van der Waals surface area (Å²) < 4.78 is 17.6. The molecule has 2 atom stereocenters. The molecule has 1 saturated heterocycles. The van der Waals surface area contributed by atoms with E-state index in [-0.39, 0.29) is 6.10 Å². The maximum atomic E-state index is 10.7. The number of hydrogen-bond donors (Lipinski definition) is 1. The summed E-state index contributed by atoms with van der Waals surface area (Å²) >= 11 is 0. The molecule has 6 nitrogen and oxygen atoms in total. The zero-order valence-electron chi connectivity index (χ0n) is 16.2. The van der Waals surface area contributed by atoms with E-state index in [2.05, 4.69) is 16.0 Å². The van der Waals surface area contributed by atoms with Gasteiger partial charge in [0.05, 0.1) is 5.52 Å². The zero-order chi connectivity index (χ0) is 19.6. The van der Waals surface area contributed by atoms with Crippen LogP contribution in [0.5, 0.6) is 17.2 Å². The number of β-amino-alcohol motifs (C(OH)–C–C–N with tert-alkyl or cyclic N) is 1. The van der Waals surface area contributed by atoms with Gasteiger partial charge in [0, 0.05) is 42.8 Å². The van der Waals surface area contributed by atoms with Gasteiger partial charge in [-0.05, 0) is 30.7 Å². The fourth-order valence-electron chi connectivity index (χ4n) is 4.05. The van der Waals surface area contributed by atoms with Crippen molar-refractivity contribution in [3.63, 3.8) is 0 Å². The van der Waals surface area contributed by atoms with Gasteiger partial charge in [0.2, 0.25) is 0 Å². The van der Waals surface area contributed by atoms with Crippen LogP contribution in [0.1, 0.15) is 12.0 Å². The zero-order valence-corrected chi connectivity index (χ0v) is 16.2. The van der Waals surface area contributed by atoms with Crippen molar-refractivity contribution in [1.82, 2.24) is 9.88 Å². The standard InChI is InChI=1S/C23H24N2O4/c26-20-15-25(14-17-3-1-5-22-23(17)28-12-11-27-22)10-8-21(20)29-18-7-6-16-4-2-9-24-19(16)13-18/h1-7,9,13,20-21,26H,8,10-12,14-15H2/t20-,21-/m1/s1. The topological polar surface area (TPSA) is 64.1 Å². The maximum Gasteiger partial charge on any atom is 0.165 e. The molecule has 6 heteroatoms. The molecule has 0 amide bonds. The molecule has 3 heterocycles. The number of hydrogen-bond acceptors (Lipinski definition) is 6. The number of aliphatic hydroxyl groups excluding tert-OH is 1. The lowest BCUT2D eigenvalue weighted by molar-refractivity contribution is -0.0277. The van der Waals surface area contributed by atoms with Crippen LogP contribution in [-0.4, -0.2) is 53.5 Å². The Morgan fingerprint density at radius 2 is 2.03 bits per heavy atom. The molecule has 0 radical (unpaired) electrons. The second-order valence-corrected chi connectivity index (χ2v) is 7.55. The molecule has 150 valence electrons. The van der Waals surface area contributed by atoms with Crippen LogP contribution in [0.2, 0.25) is 0 Å². The van der Waals surface area contributed by atoms with Crippen LogP contribution in [0.15, 0.2) is 54.7 Å². The second-order valence-electron chi connectivity index (χ2n) is 7.55. The van der Waals surface area contributed by atoms with Crippen molar-refractivity contribution < 1.29 is 19.3 Å². The van der Waals surface area contributed by atoms with Crippen molar-refractivity contribution in [2.75, 3.05) is 26.3 Å². The molecular weight excluding hydrogens is 368 g/mol. The van der Waals surface area contributed by atoms with Gasteiger partial charge in [0.15, 0.2) is 11.5 Å². The quantitative estimate of drug-likeness (QED) is 0.736. The van der Waals surface area contributed by atoms with Gasteiger partial charge in [-0.2, -0.15) is 0 Å². The van der Waals surface area contributed by atoms with E-state index >= 15 is 0 Å². The molecule has 1 N–H and O–H groups in total. The van der Waals surface area contributed by atoms with Crippen LogP contribution in [0.25, 0.3) is 10.9 Å². The van der Waals surface area contributed by atoms with Crippen LogP contribution in [-0.2, 0) is 6.54 Å². The van der Waals surface area contributed by atoms with E-state index in [1.54, 1.807) is 6.20 Å². The molecule has 0 aliphatic carbocycles. The Bertz CT molecular complexity index is 1010. The first-order valence-electron chi connectivity index (χ1n) is 10.1. The van der Waals surface area contributed by atoms with Gasteiger partial charge in [-0.25, -0.2) is 0 Å². The molecule has 2 aliphatic heterocycles. The van der Waals surface area contributed by atoms with Crippen LogP contribution in [0.4, 0.5) is 0 Å². The van der Waals surface area contributed by atoms with Crippen molar-refractivity contribution >= 4 is 10.9 Å². The molecule has 0 spiro atoms. The van der Waals surface area contributed by atoms with Crippen LogP contribution < -0.4 is 14.2 Å². The smallest absolute Gasteiger partial charge is 0.165 e. The molecule has 29 heavy (non-hydrogen) atoms. The van der Waals surface area contributed by atoms with Crippen molar-refractivity contribution in [2.45, 2.75) is 25.2 Å². The number of benzene rings is 2. The van der Waals surface area contributed by atoms with Gasteiger partial charge >= 0.3 is 0 Å².